The predicted octanol–water partition coefficient (Wildman–Crippen LogP) is 4.48. The molecule has 1 heterocycles. The zero-order valence-corrected chi connectivity index (χ0v) is 12.8. The van der Waals surface area contributed by atoms with Gasteiger partial charge in [-0.25, -0.2) is 4.98 Å². The van der Waals surface area contributed by atoms with E-state index in [4.69, 9.17) is 5.73 Å². The van der Waals surface area contributed by atoms with E-state index in [1.165, 1.54) is 0 Å². The predicted molar refractivity (Wildman–Crippen MR) is 80.1 cm³/mol. The Morgan fingerprint density at radius 1 is 1.12 bits per heavy atom. The maximum Gasteiger partial charge on any atom is 0.110 e. The van der Waals surface area contributed by atoms with E-state index in [-0.39, 0.29) is 0 Å². The van der Waals surface area contributed by atoms with Crippen molar-refractivity contribution in [3.8, 4) is 0 Å². The van der Waals surface area contributed by atoms with E-state index < -0.39 is 0 Å². The van der Waals surface area contributed by atoms with Gasteiger partial charge in [-0.15, -0.1) is 11.8 Å². The number of nitrogens with zero attached hydrogens (tertiary/aromatic N) is 1. The lowest BCUT2D eigenvalue weighted by Crippen LogP contribution is -1.94. The number of aromatic nitrogens is 1. The van der Waals surface area contributed by atoms with Crippen LogP contribution in [0.4, 0.5) is 5.69 Å². The molecule has 0 aliphatic carbocycles. The lowest BCUT2D eigenvalue weighted by molar-refractivity contribution is 1.11. The summed E-state index contributed by atoms with van der Waals surface area (Å²) in [7, 11) is 0. The molecule has 0 fully saturated rings. The second kappa shape index (κ2) is 5.89. The SMILES string of the molecule is Nc1cccc(Br)c1CSc1ncccc1Br. The number of hydrogen-bond acceptors (Lipinski definition) is 3. The summed E-state index contributed by atoms with van der Waals surface area (Å²) in [5, 5.41) is 0.975. The van der Waals surface area contributed by atoms with Crippen molar-refractivity contribution in [2.45, 2.75) is 10.8 Å². The zero-order chi connectivity index (χ0) is 12.3. The van der Waals surface area contributed by atoms with Crippen molar-refractivity contribution in [2.24, 2.45) is 0 Å². The number of benzene rings is 1. The minimum atomic E-state index is 0.795. The summed E-state index contributed by atoms with van der Waals surface area (Å²) in [5.41, 5.74) is 7.86. The topological polar surface area (TPSA) is 38.9 Å². The van der Waals surface area contributed by atoms with Gasteiger partial charge in [-0.2, -0.15) is 0 Å². The van der Waals surface area contributed by atoms with Crippen molar-refractivity contribution in [3.63, 3.8) is 0 Å². The van der Waals surface area contributed by atoms with E-state index >= 15 is 0 Å². The van der Waals surface area contributed by atoms with Gasteiger partial charge >= 0.3 is 0 Å². The van der Waals surface area contributed by atoms with Crippen LogP contribution in [-0.2, 0) is 5.75 Å². The molecule has 88 valence electrons. The number of hydrogen-bond donors (Lipinski definition) is 1. The largest absolute Gasteiger partial charge is 0.398 e. The average molecular weight is 374 g/mol. The number of anilines is 1. The Bertz CT molecular complexity index is 511. The second-order valence-corrected chi connectivity index (χ2v) is 6.06. The van der Waals surface area contributed by atoms with Gasteiger partial charge in [0.25, 0.3) is 0 Å². The first kappa shape index (κ1) is 12.9. The standard InChI is InChI=1S/C12H10Br2N2S/c13-9-3-1-5-11(15)8(9)7-17-12-10(14)4-2-6-16-12/h1-6H,7,15H2. The molecule has 2 nitrogen and oxygen atoms in total. The Hall–Kier alpha value is -0.520. The summed E-state index contributed by atoms with van der Waals surface area (Å²) < 4.78 is 2.05. The molecular formula is C12H10Br2N2S. The van der Waals surface area contributed by atoms with Gasteiger partial charge in [0.1, 0.15) is 5.03 Å². The molecule has 1 aromatic carbocycles. The number of pyridine rings is 1. The summed E-state index contributed by atoms with van der Waals surface area (Å²) in [4.78, 5) is 4.31. The molecule has 0 amide bonds. The molecular weight excluding hydrogens is 364 g/mol. The number of nitrogen functional groups attached to an aromatic ring is 1. The van der Waals surface area contributed by atoms with E-state index in [9.17, 15) is 0 Å². The van der Waals surface area contributed by atoms with Crippen LogP contribution < -0.4 is 5.73 Å². The Labute approximate surface area is 121 Å². The van der Waals surface area contributed by atoms with Gasteiger partial charge in [0.2, 0.25) is 0 Å². The smallest absolute Gasteiger partial charge is 0.110 e. The van der Waals surface area contributed by atoms with Crippen LogP contribution in [0, 0.1) is 0 Å². The van der Waals surface area contributed by atoms with Crippen LogP contribution in [0.2, 0.25) is 0 Å². The highest BCUT2D eigenvalue weighted by Crippen LogP contribution is 2.32. The third kappa shape index (κ3) is 3.24. The molecule has 2 aromatic rings. The highest BCUT2D eigenvalue weighted by atomic mass is 79.9. The summed E-state index contributed by atoms with van der Waals surface area (Å²) in [6, 6.07) is 9.73. The minimum Gasteiger partial charge on any atom is -0.398 e. The molecule has 0 unspecified atom stereocenters. The first-order chi connectivity index (χ1) is 8.18. The minimum absolute atomic E-state index is 0.795. The highest BCUT2D eigenvalue weighted by molar-refractivity contribution is 9.10. The van der Waals surface area contributed by atoms with Gasteiger partial charge in [0, 0.05) is 26.6 Å². The lowest BCUT2D eigenvalue weighted by Gasteiger charge is -2.08. The molecule has 0 spiro atoms. The third-order valence-electron chi connectivity index (χ3n) is 2.23. The average Bonchev–Trinajstić information content (AvgIpc) is 2.30. The molecule has 17 heavy (non-hydrogen) atoms. The van der Waals surface area contributed by atoms with E-state index in [0.717, 1.165) is 31.0 Å². The van der Waals surface area contributed by atoms with Crippen LogP contribution in [0.25, 0.3) is 0 Å². The van der Waals surface area contributed by atoms with Gasteiger partial charge in [0.15, 0.2) is 0 Å². The second-order valence-electron chi connectivity index (χ2n) is 3.39. The monoisotopic (exact) mass is 372 g/mol. The van der Waals surface area contributed by atoms with Crippen LogP contribution in [0.5, 0.6) is 0 Å². The molecule has 0 atom stereocenters. The first-order valence-corrected chi connectivity index (χ1v) is 7.52. The molecule has 0 saturated heterocycles. The molecule has 2 rings (SSSR count). The van der Waals surface area contributed by atoms with Crippen molar-refractivity contribution in [2.75, 3.05) is 5.73 Å². The van der Waals surface area contributed by atoms with Gasteiger partial charge in [-0.05, 0) is 45.8 Å². The van der Waals surface area contributed by atoms with Crippen molar-refractivity contribution in [1.82, 2.24) is 4.98 Å². The van der Waals surface area contributed by atoms with Crippen molar-refractivity contribution in [3.05, 3.63) is 51.0 Å². The molecule has 0 bridgehead atoms. The summed E-state index contributed by atoms with van der Waals surface area (Å²) >= 11 is 8.65. The highest BCUT2D eigenvalue weighted by Gasteiger charge is 2.07. The Balaban J connectivity index is 2.16. The van der Waals surface area contributed by atoms with Crippen LogP contribution in [-0.4, -0.2) is 4.98 Å². The molecule has 0 aliphatic rings. The first-order valence-electron chi connectivity index (χ1n) is 4.94. The zero-order valence-electron chi connectivity index (χ0n) is 8.86. The fourth-order valence-electron chi connectivity index (χ4n) is 1.35. The van der Waals surface area contributed by atoms with E-state index in [2.05, 4.69) is 36.8 Å². The Kier molecular flexibility index (Phi) is 4.48. The molecule has 0 radical (unpaired) electrons. The molecule has 1 aromatic heterocycles. The van der Waals surface area contributed by atoms with Crippen molar-refractivity contribution < 1.29 is 0 Å². The Morgan fingerprint density at radius 2 is 1.88 bits per heavy atom. The van der Waals surface area contributed by atoms with Gasteiger partial charge in [-0.1, -0.05) is 22.0 Å². The number of halogens is 2. The normalized spacial score (nSPS) is 10.5. The van der Waals surface area contributed by atoms with Crippen LogP contribution >= 0.6 is 43.6 Å². The fraction of sp³-hybridized carbons (Fsp3) is 0.0833. The molecule has 2 N–H and O–H groups in total. The fourth-order valence-corrected chi connectivity index (χ4v) is 3.60. The van der Waals surface area contributed by atoms with E-state index in [1.807, 2.05) is 30.3 Å². The summed E-state index contributed by atoms with van der Waals surface area (Å²) in [5.74, 6) is 0.795. The van der Waals surface area contributed by atoms with E-state index in [0.29, 0.717) is 0 Å². The molecule has 5 heteroatoms. The Morgan fingerprint density at radius 3 is 2.59 bits per heavy atom. The number of rotatable bonds is 3. The molecule has 0 aliphatic heterocycles. The molecule has 0 saturated carbocycles. The van der Waals surface area contributed by atoms with Gasteiger partial charge in [-0.3, -0.25) is 0 Å². The number of thioether (sulfide) groups is 1. The maximum absolute atomic E-state index is 5.95. The third-order valence-corrected chi connectivity index (χ3v) is 4.91. The van der Waals surface area contributed by atoms with E-state index in [1.54, 1.807) is 18.0 Å². The summed E-state index contributed by atoms with van der Waals surface area (Å²) in [6.45, 7) is 0. The quantitative estimate of drug-likeness (QED) is 0.636. The van der Waals surface area contributed by atoms with Crippen LogP contribution in [0.3, 0.4) is 0 Å². The van der Waals surface area contributed by atoms with Crippen molar-refractivity contribution in [1.29, 1.82) is 0 Å². The van der Waals surface area contributed by atoms with Crippen molar-refractivity contribution >= 4 is 49.3 Å². The van der Waals surface area contributed by atoms with Crippen LogP contribution in [0.15, 0.2) is 50.5 Å². The van der Waals surface area contributed by atoms with Gasteiger partial charge in [0.05, 0.1) is 0 Å². The number of nitrogens with two attached hydrogens (primary N) is 1. The van der Waals surface area contributed by atoms with Crippen LogP contribution in [0.1, 0.15) is 5.56 Å². The lowest BCUT2D eigenvalue weighted by atomic mass is 10.2. The van der Waals surface area contributed by atoms with Gasteiger partial charge < -0.3 is 5.73 Å². The maximum atomic E-state index is 5.95. The summed E-state index contributed by atoms with van der Waals surface area (Å²) in [6.07, 6.45) is 1.79.